The van der Waals surface area contributed by atoms with E-state index in [1.54, 1.807) is 6.20 Å². The number of ether oxygens (including phenoxy) is 1. The van der Waals surface area contributed by atoms with Crippen LogP contribution < -0.4 is 5.32 Å². The summed E-state index contributed by atoms with van der Waals surface area (Å²) < 4.78 is 11.4. The van der Waals surface area contributed by atoms with E-state index in [0.29, 0.717) is 10.9 Å². The summed E-state index contributed by atoms with van der Waals surface area (Å²) in [5, 5.41) is 4.66. The lowest BCUT2D eigenvalue weighted by Gasteiger charge is -2.43. The van der Waals surface area contributed by atoms with Gasteiger partial charge in [-0.15, -0.1) is 0 Å². The zero-order chi connectivity index (χ0) is 20.6. The van der Waals surface area contributed by atoms with Crippen LogP contribution in [0.4, 0.5) is 4.79 Å². The van der Waals surface area contributed by atoms with E-state index in [0.717, 1.165) is 41.5 Å². The normalized spacial score (nSPS) is 15.7. The SMILES string of the molecule is CSc1ncc2cc(-c3ccc(C4(NC(=O)OC(C)(C)C)CCC4)cc3)oc2n1. The third kappa shape index (κ3) is 4.10. The average molecular weight is 412 g/mol. The second kappa shape index (κ2) is 7.37. The fourth-order valence-electron chi connectivity index (χ4n) is 3.53. The van der Waals surface area contributed by atoms with Crippen LogP contribution in [0.2, 0.25) is 0 Å². The minimum Gasteiger partial charge on any atom is -0.444 e. The third-order valence-electron chi connectivity index (χ3n) is 5.10. The molecule has 1 saturated carbocycles. The highest BCUT2D eigenvalue weighted by molar-refractivity contribution is 7.98. The quantitative estimate of drug-likeness (QED) is 0.450. The van der Waals surface area contributed by atoms with E-state index >= 15 is 0 Å². The molecule has 1 N–H and O–H groups in total. The van der Waals surface area contributed by atoms with E-state index in [2.05, 4.69) is 27.4 Å². The Morgan fingerprint density at radius 3 is 2.55 bits per heavy atom. The van der Waals surface area contributed by atoms with Crippen LogP contribution in [0.25, 0.3) is 22.4 Å². The highest BCUT2D eigenvalue weighted by atomic mass is 32.2. The number of benzene rings is 1. The number of carbonyl (C=O) groups is 1. The number of carbonyl (C=O) groups excluding carboxylic acids is 1. The number of hydrogen-bond acceptors (Lipinski definition) is 6. The van der Waals surface area contributed by atoms with Crippen LogP contribution in [-0.4, -0.2) is 27.9 Å². The maximum atomic E-state index is 12.3. The van der Waals surface area contributed by atoms with Crippen molar-refractivity contribution in [3.8, 4) is 11.3 Å². The molecule has 1 amide bonds. The van der Waals surface area contributed by atoms with Gasteiger partial charge in [-0.3, -0.25) is 0 Å². The van der Waals surface area contributed by atoms with Crippen LogP contribution in [0.15, 0.2) is 46.1 Å². The number of thioether (sulfide) groups is 1. The molecule has 152 valence electrons. The number of amides is 1. The molecule has 0 atom stereocenters. The van der Waals surface area contributed by atoms with Crippen molar-refractivity contribution in [2.45, 2.75) is 56.3 Å². The largest absolute Gasteiger partial charge is 0.444 e. The van der Waals surface area contributed by atoms with Crippen molar-refractivity contribution in [2.75, 3.05) is 6.26 Å². The Balaban J connectivity index is 1.56. The lowest BCUT2D eigenvalue weighted by Crippen LogP contribution is -2.52. The van der Waals surface area contributed by atoms with Crippen LogP contribution in [0.1, 0.15) is 45.6 Å². The van der Waals surface area contributed by atoms with Crippen molar-refractivity contribution in [2.24, 2.45) is 0 Å². The first-order chi connectivity index (χ1) is 13.8. The molecule has 3 aromatic rings. The molecule has 0 radical (unpaired) electrons. The van der Waals surface area contributed by atoms with E-state index in [9.17, 15) is 4.79 Å². The second-order valence-electron chi connectivity index (χ2n) is 8.37. The van der Waals surface area contributed by atoms with Crippen molar-refractivity contribution < 1.29 is 13.9 Å². The van der Waals surface area contributed by atoms with Gasteiger partial charge in [0.15, 0.2) is 5.16 Å². The highest BCUT2D eigenvalue weighted by Crippen LogP contribution is 2.42. The first kappa shape index (κ1) is 19.8. The van der Waals surface area contributed by atoms with Crippen molar-refractivity contribution in [3.05, 3.63) is 42.1 Å². The molecule has 7 heteroatoms. The molecular weight excluding hydrogens is 386 g/mol. The molecule has 0 unspecified atom stereocenters. The molecule has 0 aliphatic heterocycles. The number of furan rings is 1. The van der Waals surface area contributed by atoms with Gasteiger partial charge in [0.1, 0.15) is 11.4 Å². The van der Waals surface area contributed by atoms with Crippen LogP contribution >= 0.6 is 11.8 Å². The van der Waals surface area contributed by atoms with E-state index in [1.807, 2.05) is 45.2 Å². The minimum absolute atomic E-state index is 0.354. The molecule has 1 aliphatic rings. The van der Waals surface area contributed by atoms with Gasteiger partial charge in [-0.25, -0.2) is 9.78 Å². The Kier molecular flexibility index (Phi) is 5.02. The van der Waals surface area contributed by atoms with Crippen LogP contribution in [0.5, 0.6) is 0 Å². The lowest BCUT2D eigenvalue weighted by atomic mass is 9.72. The number of nitrogens with zero attached hydrogens (tertiary/aromatic N) is 2. The molecule has 29 heavy (non-hydrogen) atoms. The van der Waals surface area contributed by atoms with E-state index in [4.69, 9.17) is 9.15 Å². The summed E-state index contributed by atoms with van der Waals surface area (Å²) in [5.41, 5.74) is 1.76. The number of alkyl carbamates (subject to hydrolysis) is 1. The number of fused-ring (bicyclic) bond motifs is 1. The minimum atomic E-state index is -0.515. The Morgan fingerprint density at radius 1 is 1.24 bits per heavy atom. The van der Waals surface area contributed by atoms with Gasteiger partial charge in [-0.1, -0.05) is 36.0 Å². The molecule has 0 spiro atoms. The Morgan fingerprint density at radius 2 is 1.97 bits per heavy atom. The molecule has 6 nitrogen and oxygen atoms in total. The van der Waals surface area contributed by atoms with E-state index in [1.165, 1.54) is 11.8 Å². The van der Waals surface area contributed by atoms with Crippen molar-refractivity contribution >= 4 is 29.0 Å². The summed E-state index contributed by atoms with van der Waals surface area (Å²) in [6, 6.07) is 10.1. The zero-order valence-electron chi connectivity index (χ0n) is 17.1. The van der Waals surface area contributed by atoms with Crippen molar-refractivity contribution in [1.29, 1.82) is 0 Å². The van der Waals surface area contributed by atoms with Gasteiger partial charge in [0.2, 0.25) is 5.71 Å². The Hall–Kier alpha value is -2.54. The molecule has 1 aromatic carbocycles. The van der Waals surface area contributed by atoms with Gasteiger partial charge in [0.05, 0.1) is 10.9 Å². The molecule has 2 heterocycles. The third-order valence-corrected chi connectivity index (χ3v) is 5.67. The lowest BCUT2D eigenvalue weighted by molar-refractivity contribution is 0.0377. The Labute approximate surface area is 174 Å². The molecule has 1 fully saturated rings. The summed E-state index contributed by atoms with van der Waals surface area (Å²) >= 11 is 1.48. The first-order valence-electron chi connectivity index (χ1n) is 9.71. The van der Waals surface area contributed by atoms with E-state index in [-0.39, 0.29) is 11.6 Å². The standard InChI is InChI=1S/C22H25N3O3S/c1-21(2,3)28-20(26)25-22(10-5-11-22)16-8-6-14(7-9-16)17-12-15-13-23-19(29-4)24-18(15)27-17/h6-9,12-13H,5,10-11H2,1-4H3,(H,25,26). The maximum Gasteiger partial charge on any atom is 0.408 e. The predicted molar refractivity (Wildman–Crippen MR) is 114 cm³/mol. The van der Waals surface area contributed by atoms with Gasteiger partial charge in [-0.05, 0) is 57.9 Å². The summed E-state index contributed by atoms with van der Waals surface area (Å²) in [6.07, 6.45) is 6.24. The number of nitrogens with one attached hydrogen (secondary N) is 1. The summed E-state index contributed by atoms with van der Waals surface area (Å²) in [4.78, 5) is 21.0. The van der Waals surface area contributed by atoms with Gasteiger partial charge >= 0.3 is 6.09 Å². The Bertz CT molecular complexity index is 1030. The van der Waals surface area contributed by atoms with Gasteiger partial charge in [0, 0.05) is 11.8 Å². The number of hydrogen-bond donors (Lipinski definition) is 1. The number of aromatic nitrogens is 2. The molecule has 0 saturated heterocycles. The smallest absolute Gasteiger partial charge is 0.408 e. The van der Waals surface area contributed by atoms with Crippen LogP contribution in [0.3, 0.4) is 0 Å². The summed E-state index contributed by atoms with van der Waals surface area (Å²) in [5.74, 6) is 0.752. The molecule has 1 aliphatic carbocycles. The summed E-state index contributed by atoms with van der Waals surface area (Å²) in [6.45, 7) is 5.61. The molecule has 4 rings (SSSR count). The monoisotopic (exact) mass is 411 g/mol. The van der Waals surface area contributed by atoms with Gasteiger partial charge in [0.25, 0.3) is 0 Å². The second-order valence-corrected chi connectivity index (χ2v) is 9.14. The average Bonchev–Trinajstić information content (AvgIpc) is 3.06. The fraction of sp³-hybridized carbons (Fsp3) is 0.409. The topological polar surface area (TPSA) is 77.2 Å². The van der Waals surface area contributed by atoms with Gasteiger partial charge < -0.3 is 14.5 Å². The van der Waals surface area contributed by atoms with Crippen LogP contribution in [-0.2, 0) is 10.3 Å². The zero-order valence-corrected chi connectivity index (χ0v) is 17.9. The van der Waals surface area contributed by atoms with Gasteiger partial charge in [-0.2, -0.15) is 4.98 Å². The predicted octanol–water partition coefficient (Wildman–Crippen LogP) is 5.52. The van der Waals surface area contributed by atoms with Crippen molar-refractivity contribution in [1.82, 2.24) is 15.3 Å². The highest BCUT2D eigenvalue weighted by Gasteiger charge is 2.41. The molecule has 0 bridgehead atoms. The first-order valence-corrected chi connectivity index (χ1v) is 10.9. The molecule has 2 aromatic heterocycles. The molecular formula is C22H25N3O3S. The van der Waals surface area contributed by atoms with Crippen LogP contribution in [0, 0.1) is 0 Å². The van der Waals surface area contributed by atoms with E-state index < -0.39 is 5.60 Å². The maximum absolute atomic E-state index is 12.3. The number of rotatable bonds is 4. The summed E-state index contributed by atoms with van der Waals surface area (Å²) in [7, 11) is 0. The fourth-order valence-corrected chi connectivity index (χ4v) is 3.86. The van der Waals surface area contributed by atoms with Crippen molar-refractivity contribution in [3.63, 3.8) is 0 Å².